The number of rotatable bonds is 6. The molecule has 0 spiro atoms. The lowest BCUT2D eigenvalue weighted by atomic mass is 10.2. The van der Waals surface area contributed by atoms with Gasteiger partial charge < -0.3 is 16.6 Å². The predicted molar refractivity (Wildman–Crippen MR) is 74.8 cm³/mol. The number of sulfone groups is 1. The van der Waals surface area contributed by atoms with E-state index in [2.05, 4.69) is 4.99 Å². The number of aliphatic carboxylic acids is 1. The van der Waals surface area contributed by atoms with Gasteiger partial charge in [0.25, 0.3) is 0 Å². The van der Waals surface area contributed by atoms with Crippen LogP contribution >= 0.6 is 0 Å². The second-order valence-corrected chi connectivity index (χ2v) is 6.40. The van der Waals surface area contributed by atoms with Crippen LogP contribution in [0.3, 0.4) is 0 Å². The van der Waals surface area contributed by atoms with E-state index in [1.54, 1.807) is 12.1 Å². The minimum Gasteiger partial charge on any atom is -0.481 e. The second-order valence-electron chi connectivity index (χ2n) is 4.30. The topological polar surface area (TPSA) is 136 Å². The minimum atomic E-state index is -3.82. The predicted octanol–water partition coefficient (Wildman–Crippen LogP) is 0.233. The zero-order chi connectivity index (χ0) is 15.3. The van der Waals surface area contributed by atoms with Crippen LogP contribution < -0.4 is 11.5 Å². The number of carboxylic acid groups (broad SMARTS) is 1. The van der Waals surface area contributed by atoms with Crippen LogP contribution in [0, 0.1) is 6.92 Å². The molecule has 0 saturated carbocycles. The van der Waals surface area contributed by atoms with Gasteiger partial charge in [0.2, 0.25) is 9.84 Å². The number of aliphatic imine (C=N–C) groups is 1. The molecule has 0 fully saturated rings. The zero-order valence-electron chi connectivity index (χ0n) is 11.0. The van der Waals surface area contributed by atoms with Crippen molar-refractivity contribution in [3.8, 4) is 0 Å². The molecule has 1 atom stereocenters. The molecule has 0 radical (unpaired) electrons. The molecule has 0 saturated heterocycles. The molecule has 0 bridgehead atoms. The molecule has 0 aliphatic rings. The average molecular weight is 299 g/mol. The molecule has 1 rings (SSSR count). The summed E-state index contributed by atoms with van der Waals surface area (Å²) in [5.41, 5.74) is 11.3. The Balaban J connectivity index is 3.13. The third kappa shape index (κ3) is 4.23. The number of benzene rings is 1. The maximum Gasteiger partial charge on any atom is 0.303 e. The largest absolute Gasteiger partial charge is 0.481 e. The van der Waals surface area contributed by atoms with Gasteiger partial charge in [-0.3, -0.25) is 4.79 Å². The number of nitrogens with zero attached hydrogens (tertiary/aromatic N) is 1. The Hall–Kier alpha value is -2.09. The molecule has 110 valence electrons. The van der Waals surface area contributed by atoms with E-state index in [1.165, 1.54) is 12.1 Å². The highest BCUT2D eigenvalue weighted by atomic mass is 32.2. The van der Waals surface area contributed by atoms with Crippen molar-refractivity contribution in [2.24, 2.45) is 16.5 Å². The number of carboxylic acids is 1. The third-order valence-corrected chi connectivity index (χ3v) is 4.59. The van der Waals surface area contributed by atoms with E-state index in [0.717, 1.165) is 5.56 Å². The summed E-state index contributed by atoms with van der Waals surface area (Å²) in [7, 11) is -3.82. The number of carbonyl (C=O) groups is 1. The first-order chi connectivity index (χ1) is 9.23. The Bertz CT molecular complexity index is 604. The van der Waals surface area contributed by atoms with Gasteiger partial charge in [-0.1, -0.05) is 17.7 Å². The van der Waals surface area contributed by atoms with Crippen molar-refractivity contribution in [2.75, 3.05) is 0 Å². The van der Waals surface area contributed by atoms with E-state index in [9.17, 15) is 13.2 Å². The number of hydrogen-bond acceptors (Lipinski definition) is 4. The van der Waals surface area contributed by atoms with Gasteiger partial charge in [0.15, 0.2) is 11.3 Å². The molecule has 0 aromatic heterocycles. The van der Waals surface area contributed by atoms with Crippen LogP contribution in [0.25, 0.3) is 0 Å². The number of nitrogens with two attached hydrogens (primary N) is 2. The molecule has 0 amide bonds. The summed E-state index contributed by atoms with van der Waals surface area (Å²) >= 11 is 0. The Kier molecular flexibility index (Phi) is 5.09. The highest BCUT2D eigenvalue weighted by Crippen LogP contribution is 2.21. The number of hydrogen-bond donors (Lipinski definition) is 3. The van der Waals surface area contributed by atoms with Crippen LogP contribution in [0.15, 0.2) is 34.2 Å². The Labute approximate surface area is 117 Å². The lowest BCUT2D eigenvalue weighted by Gasteiger charge is -2.13. The van der Waals surface area contributed by atoms with Gasteiger partial charge in [-0.25, -0.2) is 13.4 Å². The van der Waals surface area contributed by atoms with Crippen LogP contribution in [-0.4, -0.2) is 30.8 Å². The number of aryl methyl sites for hydroxylation is 1. The van der Waals surface area contributed by atoms with Crippen LogP contribution in [0.4, 0.5) is 0 Å². The molecule has 0 aliphatic heterocycles. The fraction of sp³-hybridized carbons (Fsp3) is 0.333. The molecule has 1 aromatic rings. The van der Waals surface area contributed by atoms with Crippen molar-refractivity contribution < 1.29 is 18.3 Å². The third-order valence-electron chi connectivity index (χ3n) is 2.61. The molecule has 8 heteroatoms. The van der Waals surface area contributed by atoms with Crippen LogP contribution in [0.5, 0.6) is 0 Å². The summed E-state index contributed by atoms with van der Waals surface area (Å²) < 4.78 is 24.8. The van der Waals surface area contributed by atoms with Crippen molar-refractivity contribution in [3.63, 3.8) is 0 Å². The van der Waals surface area contributed by atoms with Crippen LogP contribution in [0.2, 0.25) is 0 Å². The molecule has 20 heavy (non-hydrogen) atoms. The van der Waals surface area contributed by atoms with Gasteiger partial charge in [-0.15, -0.1) is 0 Å². The maximum absolute atomic E-state index is 12.4. The highest BCUT2D eigenvalue weighted by molar-refractivity contribution is 7.92. The summed E-state index contributed by atoms with van der Waals surface area (Å²) in [5.74, 6) is -1.50. The summed E-state index contributed by atoms with van der Waals surface area (Å²) in [6.45, 7) is 1.83. The quantitative estimate of drug-likeness (QED) is 0.508. The summed E-state index contributed by atoms with van der Waals surface area (Å²) in [6.07, 6.45) is -0.532. The van der Waals surface area contributed by atoms with E-state index in [0.29, 0.717) is 0 Å². The molecule has 5 N–H and O–H groups in total. The van der Waals surface area contributed by atoms with E-state index in [1.807, 2.05) is 6.92 Å². The highest BCUT2D eigenvalue weighted by Gasteiger charge is 2.27. The van der Waals surface area contributed by atoms with Crippen LogP contribution in [-0.2, 0) is 14.6 Å². The molecule has 7 nitrogen and oxygen atoms in total. The van der Waals surface area contributed by atoms with E-state index in [4.69, 9.17) is 16.6 Å². The zero-order valence-corrected chi connectivity index (χ0v) is 11.8. The maximum atomic E-state index is 12.4. The standard InChI is InChI=1S/C12H17N3O4S/c1-8-2-4-9(5-3-8)20(18,19)10(15-12(13)14)6-7-11(16)17/h2-5,10H,6-7H2,1H3,(H,16,17)(H4,13,14,15). The van der Waals surface area contributed by atoms with Gasteiger partial charge in [0.1, 0.15) is 0 Å². The molecule has 1 unspecified atom stereocenters. The summed E-state index contributed by atoms with van der Waals surface area (Å²) in [5, 5.41) is 7.36. The van der Waals surface area contributed by atoms with Crippen molar-refractivity contribution in [1.82, 2.24) is 0 Å². The van der Waals surface area contributed by atoms with Gasteiger partial charge in [0, 0.05) is 6.42 Å². The van der Waals surface area contributed by atoms with Gasteiger partial charge in [0.05, 0.1) is 4.90 Å². The lowest BCUT2D eigenvalue weighted by Crippen LogP contribution is -2.29. The molecule has 0 heterocycles. The molecular formula is C12H17N3O4S. The summed E-state index contributed by atoms with van der Waals surface area (Å²) in [4.78, 5) is 14.3. The first-order valence-electron chi connectivity index (χ1n) is 5.84. The first kappa shape index (κ1) is 16.0. The molecule has 0 aliphatic carbocycles. The van der Waals surface area contributed by atoms with Crippen LogP contribution in [0.1, 0.15) is 18.4 Å². The molecular weight excluding hydrogens is 282 g/mol. The van der Waals surface area contributed by atoms with Gasteiger partial charge >= 0.3 is 5.97 Å². The van der Waals surface area contributed by atoms with Gasteiger partial charge in [-0.2, -0.15) is 0 Å². The smallest absolute Gasteiger partial charge is 0.303 e. The average Bonchev–Trinajstić information content (AvgIpc) is 2.34. The van der Waals surface area contributed by atoms with E-state index >= 15 is 0 Å². The second kappa shape index (κ2) is 6.38. The fourth-order valence-corrected chi connectivity index (χ4v) is 3.11. The normalized spacial score (nSPS) is 12.7. The van der Waals surface area contributed by atoms with Gasteiger partial charge in [-0.05, 0) is 25.5 Å². The Morgan fingerprint density at radius 2 is 1.85 bits per heavy atom. The fourth-order valence-electron chi connectivity index (χ4n) is 1.59. The van der Waals surface area contributed by atoms with E-state index in [-0.39, 0.29) is 17.7 Å². The molecule has 1 aromatic carbocycles. The Morgan fingerprint density at radius 1 is 1.30 bits per heavy atom. The lowest BCUT2D eigenvalue weighted by molar-refractivity contribution is -0.137. The number of guanidine groups is 1. The Morgan fingerprint density at radius 3 is 2.30 bits per heavy atom. The van der Waals surface area contributed by atoms with Crippen molar-refractivity contribution in [1.29, 1.82) is 0 Å². The minimum absolute atomic E-state index is 0.0588. The van der Waals surface area contributed by atoms with Crippen molar-refractivity contribution in [3.05, 3.63) is 29.8 Å². The first-order valence-corrected chi connectivity index (χ1v) is 7.39. The SMILES string of the molecule is Cc1ccc(S(=O)(=O)C(CCC(=O)O)N=C(N)N)cc1. The summed E-state index contributed by atoms with van der Waals surface area (Å²) in [6, 6.07) is 6.19. The van der Waals surface area contributed by atoms with Crippen molar-refractivity contribution >= 4 is 21.8 Å². The van der Waals surface area contributed by atoms with Crippen molar-refractivity contribution in [2.45, 2.75) is 30.0 Å². The monoisotopic (exact) mass is 299 g/mol. The van der Waals surface area contributed by atoms with E-state index < -0.39 is 27.1 Å².